The highest BCUT2D eigenvalue weighted by Gasteiger charge is 2.54. The van der Waals surface area contributed by atoms with E-state index in [1.54, 1.807) is 0 Å². The molecular weight excluding hydrogens is 667 g/mol. The fourth-order valence-corrected chi connectivity index (χ4v) is 9.66. The maximum atomic E-state index is 6.68. The van der Waals surface area contributed by atoms with Crippen LogP contribution in [0.15, 0.2) is 205 Å². The van der Waals surface area contributed by atoms with Crippen molar-refractivity contribution in [2.75, 3.05) is 4.90 Å². The van der Waals surface area contributed by atoms with Crippen molar-refractivity contribution < 1.29 is 4.42 Å². The van der Waals surface area contributed by atoms with Crippen LogP contribution in [0.2, 0.25) is 0 Å². The summed E-state index contributed by atoms with van der Waals surface area (Å²) in [5.41, 5.74) is 15.2. The van der Waals surface area contributed by atoms with Gasteiger partial charge in [-0.25, -0.2) is 0 Å². The van der Waals surface area contributed by atoms with E-state index in [1.165, 1.54) is 77.0 Å². The van der Waals surface area contributed by atoms with Crippen LogP contribution in [0.4, 0.5) is 17.1 Å². The second-order valence-electron chi connectivity index (χ2n) is 14.8. The van der Waals surface area contributed by atoms with Gasteiger partial charge in [-0.05, 0) is 109 Å². The summed E-state index contributed by atoms with van der Waals surface area (Å²) in [5.74, 6) is 0.987. The molecule has 0 bridgehead atoms. The number of furan rings is 1. The van der Waals surface area contributed by atoms with Crippen LogP contribution in [0, 0.1) is 0 Å². The summed E-state index contributed by atoms with van der Waals surface area (Å²) < 4.78 is 6.68. The van der Waals surface area contributed by atoms with E-state index in [4.69, 9.17) is 4.42 Å². The predicted molar refractivity (Wildman–Crippen MR) is 228 cm³/mol. The molecule has 12 rings (SSSR count). The smallest absolute Gasteiger partial charge is 0.140 e. The zero-order chi connectivity index (χ0) is 36.1. The Morgan fingerprint density at radius 3 is 1.60 bits per heavy atom. The average Bonchev–Trinajstić information content (AvgIpc) is 3.87. The third-order valence-electron chi connectivity index (χ3n) is 12.0. The molecule has 10 aromatic rings. The second-order valence-corrected chi connectivity index (χ2v) is 14.8. The molecule has 0 aliphatic heterocycles. The summed E-state index contributed by atoms with van der Waals surface area (Å²) in [6.45, 7) is 0. The van der Waals surface area contributed by atoms with E-state index in [9.17, 15) is 0 Å². The fourth-order valence-electron chi connectivity index (χ4n) is 9.66. The van der Waals surface area contributed by atoms with E-state index in [0.717, 1.165) is 28.4 Å². The van der Waals surface area contributed by atoms with Gasteiger partial charge in [0.05, 0.1) is 5.41 Å². The normalized spacial score (nSPS) is 15.0. The van der Waals surface area contributed by atoms with Crippen LogP contribution in [0.3, 0.4) is 0 Å². The van der Waals surface area contributed by atoms with Crippen molar-refractivity contribution >= 4 is 49.6 Å². The Labute approximate surface area is 319 Å². The number of rotatable bonds is 4. The zero-order valence-electron chi connectivity index (χ0n) is 29.9. The molecule has 0 fully saturated rings. The van der Waals surface area contributed by atoms with E-state index < -0.39 is 5.41 Å². The zero-order valence-corrected chi connectivity index (χ0v) is 29.9. The molecule has 1 spiro atoms. The van der Waals surface area contributed by atoms with E-state index >= 15 is 0 Å². The van der Waals surface area contributed by atoms with E-state index in [0.29, 0.717) is 0 Å². The first kappa shape index (κ1) is 30.3. The molecule has 256 valence electrons. The Balaban J connectivity index is 1.00. The first-order chi connectivity index (χ1) is 27.3. The molecule has 0 radical (unpaired) electrons. The molecule has 1 heterocycles. The Morgan fingerprint density at radius 2 is 0.891 bits per heavy atom. The number of hydrogen-bond donors (Lipinski definition) is 0. The molecule has 0 amide bonds. The van der Waals surface area contributed by atoms with Crippen molar-refractivity contribution in [1.82, 2.24) is 0 Å². The standard InChI is InChI=1S/C53H33NO/c1-3-13-37-31-41(28-23-34(37)11-1)54(42-29-24-35-12-2-4-14-38(35)32-42)40-26-21-36(22-27-40)39-25-30-49-46(33-39)43-15-5-8-18-47(43)53(49)48-19-9-6-16-44(48)52-51(53)45-17-7-10-20-50(45)55-52/h1-33H. The van der Waals surface area contributed by atoms with E-state index in [-0.39, 0.29) is 0 Å². The Morgan fingerprint density at radius 1 is 0.364 bits per heavy atom. The summed E-state index contributed by atoms with van der Waals surface area (Å²) in [6, 6.07) is 73.1. The maximum absolute atomic E-state index is 6.68. The van der Waals surface area contributed by atoms with Gasteiger partial charge in [-0.3, -0.25) is 0 Å². The molecule has 2 nitrogen and oxygen atoms in total. The van der Waals surface area contributed by atoms with Gasteiger partial charge in [0, 0.05) is 33.6 Å². The minimum atomic E-state index is -0.451. The molecule has 2 heteroatoms. The van der Waals surface area contributed by atoms with Crippen molar-refractivity contribution in [1.29, 1.82) is 0 Å². The maximum Gasteiger partial charge on any atom is 0.140 e. The van der Waals surface area contributed by atoms with Crippen LogP contribution in [0.5, 0.6) is 0 Å². The Bertz CT molecular complexity index is 3090. The lowest BCUT2D eigenvalue weighted by Gasteiger charge is -2.30. The number of anilines is 3. The second kappa shape index (κ2) is 11.4. The minimum absolute atomic E-state index is 0.451. The molecule has 1 unspecified atom stereocenters. The van der Waals surface area contributed by atoms with E-state index in [1.807, 2.05) is 0 Å². The number of fused-ring (bicyclic) bond motifs is 14. The highest BCUT2D eigenvalue weighted by molar-refractivity contribution is 6.02. The van der Waals surface area contributed by atoms with Crippen LogP contribution in [0.1, 0.15) is 22.3 Å². The quantitative estimate of drug-likeness (QED) is 0.182. The Hall–Kier alpha value is -7.16. The molecular formula is C53H33NO. The molecule has 1 aromatic heterocycles. The summed E-state index contributed by atoms with van der Waals surface area (Å²) in [4.78, 5) is 2.37. The molecule has 0 saturated heterocycles. The van der Waals surface area contributed by atoms with Crippen LogP contribution >= 0.6 is 0 Å². The Kier molecular flexibility index (Phi) is 6.29. The lowest BCUT2D eigenvalue weighted by molar-refractivity contribution is 0.628. The molecule has 2 aliphatic rings. The van der Waals surface area contributed by atoms with Crippen LogP contribution in [-0.2, 0) is 5.41 Å². The van der Waals surface area contributed by atoms with Gasteiger partial charge in [0.25, 0.3) is 0 Å². The van der Waals surface area contributed by atoms with Gasteiger partial charge in [0.15, 0.2) is 0 Å². The average molecular weight is 700 g/mol. The lowest BCUT2D eigenvalue weighted by atomic mass is 9.70. The highest BCUT2D eigenvalue weighted by atomic mass is 16.3. The van der Waals surface area contributed by atoms with Crippen LogP contribution in [-0.4, -0.2) is 0 Å². The van der Waals surface area contributed by atoms with Crippen LogP contribution in [0.25, 0.3) is 66.1 Å². The summed E-state index contributed by atoms with van der Waals surface area (Å²) in [5, 5.41) is 6.09. The van der Waals surface area contributed by atoms with Gasteiger partial charge in [0.1, 0.15) is 11.3 Å². The summed E-state index contributed by atoms with van der Waals surface area (Å²) in [6.07, 6.45) is 0. The summed E-state index contributed by atoms with van der Waals surface area (Å²) in [7, 11) is 0. The molecule has 2 aliphatic carbocycles. The molecule has 0 saturated carbocycles. The summed E-state index contributed by atoms with van der Waals surface area (Å²) >= 11 is 0. The monoisotopic (exact) mass is 699 g/mol. The van der Waals surface area contributed by atoms with Gasteiger partial charge >= 0.3 is 0 Å². The van der Waals surface area contributed by atoms with E-state index in [2.05, 4.69) is 205 Å². The molecule has 9 aromatic carbocycles. The lowest BCUT2D eigenvalue weighted by Crippen LogP contribution is -2.25. The third-order valence-corrected chi connectivity index (χ3v) is 12.0. The largest absolute Gasteiger partial charge is 0.456 e. The predicted octanol–water partition coefficient (Wildman–Crippen LogP) is 14.2. The van der Waals surface area contributed by atoms with Crippen molar-refractivity contribution in [3.8, 4) is 33.6 Å². The number of nitrogens with zero attached hydrogens (tertiary/aromatic N) is 1. The molecule has 1 atom stereocenters. The number of para-hydroxylation sites is 1. The van der Waals surface area contributed by atoms with Crippen molar-refractivity contribution in [3.63, 3.8) is 0 Å². The first-order valence-electron chi connectivity index (χ1n) is 19.0. The van der Waals surface area contributed by atoms with Crippen molar-refractivity contribution in [3.05, 3.63) is 222 Å². The van der Waals surface area contributed by atoms with Gasteiger partial charge in [-0.15, -0.1) is 0 Å². The van der Waals surface area contributed by atoms with Gasteiger partial charge in [-0.2, -0.15) is 0 Å². The fraction of sp³-hybridized carbons (Fsp3) is 0.0189. The van der Waals surface area contributed by atoms with Gasteiger partial charge in [-0.1, -0.05) is 152 Å². The highest BCUT2D eigenvalue weighted by Crippen LogP contribution is 2.65. The SMILES string of the molecule is c1ccc2c(c1)-c1cc(-c3ccc(N(c4ccc5ccccc5c4)c4ccc5ccccc5c4)cc3)ccc1C21c2ccccc2-c2oc3ccccc3c21. The van der Waals surface area contributed by atoms with Gasteiger partial charge < -0.3 is 9.32 Å². The topological polar surface area (TPSA) is 16.4 Å². The molecule has 0 N–H and O–H groups in total. The first-order valence-corrected chi connectivity index (χ1v) is 19.0. The molecule has 55 heavy (non-hydrogen) atoms. The van der Waals surface area contributed by atoms with Crippen LogP contribution < -0.4 is 4.90 Å². The van der Waals surface area contributed by atoms with Gasteiger partial charge in [0.2, 0.25) is 0 Å². The number of benzene rings is 9. The number of hydrogen-bond acceptors (Lipinski definition) is 2. The van der Waals surface area contributed by atoms with Crippen molar-refractivity contribution in [2.45, 2.75) is 5.41 Å². The third kappa shape index (κ3) is 4.25. The minimum Gasteiger partial charge on any atom is -0.456 e. The van der Waals surface area contributed by atoms with Crippen molar-refractivity contribution in [2.24, 2.45) is 0 Å².